The highest BCUT2D eigenvalue weighted by atomic mass is 32.2. The molecule has 16 heavy (non-hydrogen) atoms. The smallest absolute Gasteiger partial charge is 0.150 e. The van der Waals surface area contributed by atoms with Gasteiger partial charge in [0.25, 0.3) is 0 Å². The van der Waals surface area contributed by atoms with Crippen LogP contribution in [0.3, 0.4) is 0 Å². The molecule has 0 aromatic heterocycles. The first-order valence-corrected chi connectivity index (χ1v) is 7.95. The largest absolute Gasteiger partial charge is 0.329 e. The van der Waals surface area contributed by atoms with Crippen LogP contribution in [0.1, 0.15) is 26.2 Å². The second kappa shape index (κ2) is 4.27. The van der Waals surface area contributed by atoms with E-state index < -0.39 is 9.84 Å². The standard InChI is InChI=1S/C11H22N2O2S/c1-10-2-5-13(8-10)11(9-12)3-6-16(14,15)7-4-11/h10H,2-9,12H2,1H3. The molecule has 2 fully saturated rings. The molecule has 5 heteroatoms. The molecule has 0 spiro atoms. The topological polar surface area (TPSA) is 63.4 Å². The van der Waals surface area contributed by atoms with Gasteiger partial charge in [0.05, 0.1) is 11.5 Å². The maximum absolute atomic E-state index is 11.5. The molecule has 1 atom stereocenters. The first-order valence-electron chi connectivity index (χ1n) is 6.13. The Bertz CT molecular complexity index is 339. The lowest BCUT2D eigenvalue weighted by atomic mass is 9.90. The summed E-state index contributed by atoms with van der Waals surface area (Å²) in [7, 11) is -2.79. The van der Waals surface area contributed by atoms with Gasteiger partial charge in [-0.1, -0.05) is 6.92 Å². The summed E-state index contributed by atoms with van der Waals surface area (Å²) in [6.07, 6.45) is 2.66. The van der Waals surface area contributed by atoms with Crippen LogP contribution < -0.4 is 5.73 Å². The van der Waals surface area contributed by atoms with Gasteiger partial charge in [-0.25, -0.2) is 8.42 Å². The molecule has 0 saturated carbocycles. The lowest BCUT2D eigenvalue weighted by Crippen LogP contribution is -2.56. The van der Waals surface area contributed by atoms with Gasteiger partial charge in [-0.3, -0.25) is 4.90 Å². The van der Waals surface area contributed by atoms with Crippen LogP contribution >= 0.6 is 0 Å². The molecule has 94 valence electrons. The van der Waals surface area contributed by atoms with E-state index in [1.807, 2.05) is 0 Å². The van der Waals surface area contributed by atoms with E-state index in [-0.39, 0.29) is 5.54 Å². The second-order valence-electron chi connectivity index (χ2n) is 5.42. The Morgan fingerprint density at radius 2 is 2.00 bits per heavy atom. The van der Waals surface area contributed by atoms with Crippen LogP contribution in [0.15, 0.2) is 0 Å². The van der Waals surface area contributed by atoms with Crippen molar-refractivity contribution in [3.8, 4) is 0 Å². The van der Waals surface area contributed by atoms with E-state index >= 15 is 0 Å². The predicted octanol–water partition coefficient (Wildman–Crippen LogP) is 0.234. The molecule has 0 aromatic carbocycles. The molecule has 2 heterocycles. The van der Waals surface area contributed by atoms with E-state index in [1.165, 1.54) is 6.42 Å². The summed E-state index contributed by atoms with van der Waals surface area (Å²) >= 11 is 0. The number of hydrogen-bond acceptors (Lipinski definition) is 4. The average Bonchev–Trinajstić information content (AvgIpc) is 2.66. The Morgan fingerprint density at radius 1 is 1.38 bits per heavy atom. The molecule has 0 radical (unpaired) electrons. The maximum Gasteiger partial charge on any atom is 0.150 e. The highest BCUT2D eigenvalue weighted by Crippen LogP contribution is 2.33. The Balaban J connectivity index is 2.09. The lowest BCUT2D eigenvalue weighted by molar-refractivity contribution is 0.107. The van der Waals surface area contributed by atoms with Crippen LogP contribution in [0.5, 0.6) is 0 Å². The molecule has 0 amide bonds. The van der Waals surface area contributed by atoms with Gasteiger partial charge < -0.3 is 5.73 Å². The van der Waals surface area contributed by atoms with Crippen LogP contribution in [-0.4, -0.2) is 50.0 Å². The molecule has 2 aliphatic rings. The first-order chi connectivity index (χ1) is 7.47. The van der Waals surface area contributed by atoms with Crippen LogP contribution in [0.4, 0.5) is 0 Å². The number of likely N-dealkylation sites (tertiary alicyclic amines) is 1. The summed E-state index contributed by atoms with van der Waals surface area (Å²) in [5.74, 6) is 1.35. The highest BCUT2D eigenvalue weighted by Gasteiger charge is 2.42. The number of sulfone groups is 1. The summed E-state index contributed by atoms with van der Waals surface area (Å²) in [5.41, 5.74) is 5.88. The average molecular weight is 246 g/mol. The Morgan fingerprint density at radius 3 is 2.44 bits per heavy atom. The zero-order valence-corrected chi connectivity index (χ0v) is 10.8. The van der Waals surface area contributed by atoms with Crippen LogP contribution in [0.25, 0.3) is 0 Å². The molecule has 2 saturated heterocycles. The van der Waals surface area contributed by atoms with E-state index in [9.17, 15) is 8.42 Å². The molecule has 2 N–H and O–H groups in total. The highest BCUT2D eigenvalue weighted by molar-refractivity contribution is 7.91. The fraction of sp³-hybridized carbons (Fsp3) is 1.00. The fourth-order valence-electron chi connectivity index (χ4n) is 2.93. The van der Waals surface area contributed by atoms with Crippen molar-refractivity contribution in [1.82, 2.24) is 4.90 Å². The second-order valence-corrected chi connectivity index (χ2v) is 7.72. The van der Waals surface area contributed by atoms with Gasteiger partial charge in [-0.15, -0.1) is 0 Å². The monoisotopic (exact) mass is 246 g/mol. The molecule has 1 unspecified atom stereocenters. The van der Waals surface area contributed by atoms with Gasteiger partial charge in [0, 0.05) is 18.6 Å². The van der Waals surface area contributed by atoms with E-state index in [0.29, 0.717) is 18.1 Å². The third-order valence-corrected chi connectivity index (χ3v) is 5.88. The summed E-state index contributed by atoms with van der Waals surface area (Å²) in [6, 6.07) is 0. The number of rotatable bonds is 2. The van der Waals surface area contributed by atoms with E-state index in [2.05, 4.69) is 11.8 Å². The number of nitrogens with zero attached hydrogens (tertiary/aromatic N) is 1. The molecule has 0 aromatic rings. The molecular weight excluding hydrogens is 224 g/mol. The summed E-state index contributed by atoms with van der Waals surface area (Å²) < 4.78 is 22.9. The summed E-state index contributed by atoms with van der Waals surface area (Å²) in [4.78, 5) is 2.44. The van der Waals surface area contributed by atoms with Gasteiger partial charge in [0.1, 0.15) is 9.84 Å². The minimum atomic E-state index is -2.79. The number of nitrogens with two attached hydrogens (primary N) is 1. The van der Waals surface area contributed by atoms with Crippen molar-refractivity contribution in [2.24, 2.45) is 11.7 Å². The quantitative estimate of drug-likeness (QED) is 0.758. The van der Waals surface area contributed by atoms with Gasteiger partial charge >= 0.3 is 0 Å². The van der Waals surface area contributed by atoms with Crippen molar-refractivity contribution >= 4 is 9.84 Å². The lowest BCUT2D eigenvalue weighted by Gasteiger charge is -2.43. The predicted molar refractivity (Wildman–Crippen MR) is 65.0 cm³/mol. The van der Waals surface area contributed by atoms with Crippen molar-refractivity contribution in [2.75, 3.05) is 31.1 Å². The SMILES string of the molecule is CC1CCN(C2(CN)CCS(=O)(=O)CC2)C1. The number of hydrogen-bond donors (Lipinski definition) is 1. The molecule has 4 nitrogen and oxygen atoms in total. The van der Waals surface area contributed by atoms with Crippen molar-refractivity contribution in [2.45, 2.75) is 31.7 Å². The molecular formula is C11H22N2O2S. The Kier molecular flexibility index (Phi) is 3.29. The molecule has 2 aliphatic heterocycles. The molecule has 2 rings (SSSR count). The third-order valence-electron chi connectivity index (χ3n) is 4.23. The summed E-state index contributed by atoms with van der Waals surface area (Å²) in [5, 5.41) is 0. The van der Waals surface area contributed by atoms with Gasteiger partial charge in [0.15, 0.2) is 0 Å². The van der Waals surface area contributed by atoms with Crippen molar-refractivity contribution < 1.29 is 8.42 Å². The maximum atomic E-state index is 11.5. The van der Waals surface area contributed by atoms with E-state index in [0.717, 1.165) is 31.8 Å². The normalized spacial score (nSPS) is 34.0. The van der Waals surface area contributed by atoms with Crippen LogP contribution in [-0.2, 0) is 9.84 Å². The zero-order valence-electron chi connectivity index (χ0n) is 9.98. The van der Waals surface area contributed by atoms with Gasteiger partial charge in [-0.2, -0.15) is 0 Å². The van der Waals surface area contributed by atoms with Gasteiger partial charge in [0.2, 0.25) is 0 Å². The Labute approximate surface area is 98.1 Å². The van der Waals surface area contributed by atoms with Crippen LogP contribution in [0, 0.1) is 5.92 Å². The zero-order chi connectivity index (χ0) is 11.8. The van der Waals surface area contributed by atoms with Crippen LogP contribution in [0.2, 0.25) is 0 Å². The Hall–Kier alpha value is -0.130. The van der Waals surface area contributed by atoms with E-state index in [4.69, 9.17) is 5.73 Å². The first kappa shape index (κ1) is 12.3. The fourth-order valence-corrected chi connectivity index (χ4v) is 4.52. The van der Waals surface area contributed by atoms with E-state index in [1.54, 1.807) is 0 Å². The molecule has 0 aliphatic carbocycles. The minimum Gasteiger partial charge on any atom is -0.329 e. The van der Waals surface area contributed by atoms with Crippen molar-refractivity contribution in [3.63, 3.8) is 0 Å². The van der Waals surface area contributed by atoms with Crippen molar-refractivity contribution in [3.05, 3.63) is 0 Å². The molecule has 0 bridgehead atoms. The summed E-state index contributed by atoms with van der Waals surface area (Å²) in [6.45, 7) is 5.01. The van der Waals surface area contributed by atoms with Gasteiger partial charge in [-0.05, 0) is 31.7 Å². The third kappa shape index (κ3) is 2.26. The van der Waals surface area contributed by atoms with Crippen molar-refractivity contribution in [1.29, 1.82) is 0 Å². The minimum absolute atomic E-state index is 0.0317.